The molecular formula is C25H31ClN4O2. The Balaban J connectivity index is 1.40. The lowest BCUT2D eigenvalue weighted by Crippen LogP contribution is -2.42. The molecule has 2 aromatic carbocycles. The van der Waals surface area contributed by atoms with Crippen molar-refractivity contribution in [2.75, 3.05) is 25.0 Å². The van der Waals surface area contributed by atoms with E-state index in [2.05, 4.69) is 16.0 Å². The minimum Gasteiger partial charge on any atom is -0.444 e. The summed E-state index contributed by atoms with van der Waals surface area (Å²) in [6, 6.07) is 16.1. The summed E-state index contributed by atoms with van der Waals surface area (Å²) in [6.45, 7) is 8.70. The van der Waals surface area contributed by atoms with Crippen LogP contribution in [0, 0.1) is 5.92 Å². The average molecular weight is 455 g/mol. The first-order valence-corrected chi connectivity index (χ1v) is 11.6. The fraction of sp³-hybridized carbons (Fsp3) is 0.440. The number of amides is 1. The van der Waals surface area contributed by atoms with Crippen LogP contribution in [0.2, 0.25) is 5.02 Å². The Labute approximate surface area is 194 Å². The van der Waals surface area contributed by atoms with Gasteiger partial charge in [0.15, 0.2) is 0 Å². The van der Waals surface area contributed by atoms with Crippen molar-refractivity contribution >= 4 is 34.7 Å². The largest absolute Gasteiger partial charge is 0.444 e. The Morgan fingerprint density at radius 3 is 2.50 bits per heavy atom. The van der Waals surface area contributed by atoms with Crippen LogP contribution in [0.5, 0.6) is 0 Å². The third-order valence-electron chi connectivity index (χ3n) is 5.72. The lowest BCUT2D eigenvalue weighted by Gasteiger charge is -2.33. The summed E-state index contributed by atoms with van der Waals surface area (Å²) in [4.78, 5) is 19.0. The van der Waals surface area contributed by atoms with Crippen LogP contribution in [-0.2, 0) is 11.3 Å². The number of ether oxygens (including phenoxy) is 1. The molecule has 0 aliphatic carbocycles. The van der Waals surface area contributed by atoms with Gasteiger partial charge in [0.05, 0.1) is 17.6 Å². The summed E-state index contributed by atoms with van der Waals surface area (Å²) in [6.07, 6.45) is 1.68. The SMILES string of the molecule is CC(C)(C)OC(=O)N1CCC(CNc2nc3ccccc3n2Cc2ccc(Cl)cc2)CC1. The zero-order chi connectivity index (χ0) is 22.7. The second-order valence-electron chi connectivity index (χ2n) is 9.43. The summed E-state index contributed by atoms with van der Waals surface area (Å²) in [5.41, 5.74) is 2.79. The van der Waals surface area contributed by atoms with Gasteiger partial charge in [-0.15, -0.1) is 0 Å². The Hall–Kier alpha value is -2.73. The van der Waals surface area contributed by atoms with E-state index in [4.69, 9.17) is 21.3 Å². The summed E-state index contributed by atoms with van der Waals surface area (Å²) >= 11 is 6.05. The lowest BCUT2D eigenvalue weighted by atomic mass is 9.97. The Bertz CT molecular complexity index is 1060. The van der Waals surface area contributed by atoms with E-state index in [1.807, 2.05) is 68.1 Å². The van der Waals surface area contributed by atoms with Gasteiger partial charge in [-0.05, 0) is 69.4 Å². The molecule has 1 amide bonds. The van der Waals surface area contributed by atoms with Gasteiger partial charge in [-0.25, -0.2) is 9.78 Å². The number of hydrogen-bond donors (Lipinski definition) is 1. The molecule has 7 heteroatoms. The number of carbonyl (C=O) groups excluding carboxylic acids is 1. The fourth-order valence-electron chi connectivity index (χ4n) is 4.02. The number of fused-ring (bicyclic) bond motifs is 1. The molecule has 1 aromatic heterocycles. The maximum absolute atomic E-state index is 12.3. The van der Waals surface area contributed by atoms with E-state index in [0.29, 0.717) is 5.92 Å². The van der Waals surface area contributed by atoms with E-state index >= 15 is 0 Å². The van der Waals surface area contributed by atoms with Crippen molar-refractivity contribution in [3.05, 3.63) is 59.1 Å². The van der Waals surface area contributed by atoms with Crippen molar-refractivity contribution in [3.63, 3.8) is 0 Å². The maximum Gasteiger partial charge on any atom is 0.410 e. The predicted molar refractivity (Wildman–Crippen MR) is 129 cm³/mol. The van der Waals surface area contributed by atoms with E-state index in [-0.39, 0.29) is 6.09 Å². The number of nitrogens with zero attached hydrogens (tertiary/aromatic N) is 3. The van der Waals surface area contributed by atoms with Crippen LogP contribution in [0.1, 0.15) is 39.2 Å². The highest BCUT2D eigenvalue weighted by molar-refractivity contribution is 6.30. The molecule has 0 atom stereocenters. The summed E-state index contributed by atoms with van der Waals surface area (Å²) in [5, 5.41) is 4.31. The number of nitrogens with one attached hydrogen (secondary N) is 1. The number of anilines is 1. The number of halogens is 1. The van der Waals surface area contributed by atoms with Crippen molar-refractivity contribution in [2.45, 2.75) is 45.8 Å². The van der Waals surface area contributed by atoms with Crippen LogP contribution in [0.3, 0.4) is 0 Å². The average Bonchev–Trinajstić information content (AvgIpc) is 3.10. The van der Waals surface area contributed by atoms with Gasteiger partial charge >= 0.3 is 6.09 Å². The summed E-state index contributed by atoms with van der Waals surface area (Å²) in [7, 11) is 0. The molecule has 0 spiro atoms. The van der Waals surface area contributed by atoms with Crippen molar-refractivity contribution in [1.82, 2.24) is 14.5 Å². The second kappa shape index (κ2) is 9.41. The molecule has 6 nitrogen and oxygen atoms in total. The smallest absolute Gasteiger partial charge is 0.410 e. The van der Waals surface area contributed by atoms with Crippen molar-refractivity contribution in [2.24, 2.45) is 5.92 Å². The molecule has 170 valence electrons. The third-order valence-corrected chi connectivity index (χ3v) is 5.98. The first-order chi connectivity index (χ1) is 15.3. The number of likely N-dealkylation sites (tertiary alicyclic amines) is 1. The van der Waals surface area contributed by atoms with E-state index in [1.54, 1.807) is 0 Å². The summed E-state index contributed by atoms with van der Waals surface area (Å²) < 4.78 is 7.72. The Kier molecular flexibility index (Phi) is 6.60. The number of benzene rings is 2. The zero-order valence-corrected chi connectivity index (χ0v) is 19.7. The highest BCUT2D eigenvalue weighted by Crippen LogP contribution is 2.24. The van der Waals surface area contributed by atoms with Gasteiger partial charge in [-0.2, -0.15) is 0 Å². The van der Waals surface area contributed by atoms with Gasteiger partial charge in [0, 0.05) is 24.7 Å². The van der Waals surface area contributed by atoms with Gasteiger partial charge in [0.25, 0.3) is 0 Å². The predicted octanol–water partition coefficient (Wildman–Crippen LogP) is 5.80. The van der Waals surface area contributed by atoms with Crippen LogP contribution in [-0.4, -0.2) is 45.8 Å². The quantitative estimate of drug-likeness (QED) is 0.529. The number of carbonyl (C=O) groups is 1. The number of hydrogen-bond acceptors (Lipinski definition) is 4. The highest BCUT2D eigenvalue weighted by Gasteiger charge is 2.27. The van der Waals surface area contributed by atoms with E-state index < -0.39 is 5.60 Å². The number of aromatic nitrogens is 2. The fourth-order valence-corrected chi connectivity index (χ4v) is 4.15. The number of rotatable bonds is 5. The summed E-state index contributed by atoms with van der Waals surface area (Å²) in [5.74, 6) is 1.35. The number of imidazole rings is 1. The molecule has 32 heavy (non-hydrogen) atoms. The molecule has 0 unspecified atom stereocenters. The van der Waals surface area contributed by atoms with Crippen molar-refractivity contribution in [1.29, 1.82) is 0 Å². The maximum atomic E-state index is 12.3. The van der Waals surface area contributed by atoms with Crippen LogP contribution in [0.25, 0.3) is 11.0 Å². The molecule has 0 saturated carbocycles. The first-order valence-electron chi connectivity index (χ1n) is 11.2. The van der Waals surface area contributed by atoms with Gasteiger partial charge in [-0.3, -0.25) is 0 Å². The van der Waals surface area contributed by atoms with Crippen LogP contribution >= 0.6 is 11.6 Å². The van der Waals surface area contributed by atoms with E-state index in [9.17, 15) is 4.79 Å². The monoisotopic (exact) mass is 454 g/mol. The second-order valence-corrected chi connectivity index (χ2v) is 9.86. The first kappa shape index (κ1) is 22.5. The molecule has 1 N–H and O–H groups in total. The normalized spacial score (nSPS) is 15.2. The van der Waals surface area contributed by atoms with Crippen molar-refractivity contribution in [3.8, 4) is 0 Å². The minimum atomic E-state index is -0.460. The molecular weight excluding hydrogens is 424 g/mol. The van der Waals surface area contributed by atoms with Crippen LogP contribution in [0.15, 0.2) is 48.5 Å². The van der Waals surface area contributed by atoms with E-state index in [1.165, 1.54) is 5.56 Å². The number of para-hydroxylation sites is 2. The van der Waals surface area contributed by atoms with Crippen LogP contribution in [0.4, 0.5) is 10.7 Å². The molecule has 0 bridgehead atoms. The van der Waals surface area contributed by atoms with E-state index in [0.717, 1.165) is 61.0 Å². The van der Waals surface area contributed by atoms with Gasteiger partial charge in [0.2, 0.25) is 5.95 Å². The molecule has 2 heterocycles. The Morgan fingerprint density at radius 2 is 1.81 bits per heavy atom. The molecule has 0 radical (unpaired) electrons. The molecule has 1 saturated heterocycles. The van der Waals surface area contributed by atoms with Crippen molar-refractivity contribution < 1.29 is 9.53 Å². The lowest BCUT2D eigenvalue weighted by molar-refractivity contribution is 0.0188. The molecule has 1 aliphatic heterocycles. The Morgan fingerprint density at radius 1 is 1.12 bits per heavy atom. The molecule has 1 aliphatic rings. The topological polar surface area (TPSA) is 59.4 Å². The standard InChI is InChI=1S/C25H31ClN4O2/c1-25(2,3)32-24(31)29-14-12-18(13-15-29)16-27-23-28-21-6-4-5-7-22(21)30(23)17-19-8-10-20(26)11-9-19/h4-11,18H,12-17H2,1-3H3,(H,27,28). The minimum absolute atomic E-state index is 0.214. The van der Waals surface area contributed by atoms with Crippen LogP contribution < -0.4 is 5.32 Å². The third kappa shape index (κ3) is 5.54. The zero-order valence-electron chi connectivity index (χ0n) is 19.0. The van der Waals surface area contributed by atoms with Gasteiger partial charge < -0.3 is 19.5 Å². The van der Waals surface area contributed by atoms with Gasteiger partial charge in [0.1, 0.15) is 5.60 Å². The molecule has 3 aromatic rings. The highest BCUT2D eigenvalue weighted by atomic mass is 35.5. The molecule has 1 fully saturated rings. The van der Waals surface area contributed by atoms with Gasteiger partial charge in [-0.1, -0.05) is 35.9 Å². The number of piperidine rings is 1. The molecule has 4 rings (SSSR count).